The third-order valence-electron chi connectivity index (χ3n) is 4.35. The number of quaternary nitrogens is 1. The van der Waals surface area contributed by atoms with Crippen molar-refractivity contribution in [2.45, 2.75) is 105 Å². The number of carbonyl (C=O) groups is 1. The molecule has 0 spiro atoms. The van der Waals surface area contributed by atoms with E-state index in [9.17, 15) is 4.79 Å². The lowest BCUT2D eigenvalue weighted by Crippen LogP contribution is -2.50. The van der Waals surface area contributed by atoms with E-state index in [0.717, 1.165) is 0 Å². The van der Waals surface area contributed by atoms with Crippen LogP contribution in [-0.4, -0.2) is 42.4 Å². The molecular formula is C21H47N2O2+. The van der Waals surface area contributed by atoms with Gasteiger partial charge in [-0.25, -0.2) is 4.79 Å². The summed E-state index contributed by atoms with van der Waals surface area (Å²) in [6, 6.07) is 0. The molecule has 0 rings (SSSR count). The van der Waals surface area contributed by atoms with Crippen molar-refractivity contribution in [3.8, 4) is 0 Å². The zero-order valence-electron chi connectivity index (χ0n) is 18.3. The summed E-state index contributed by atoms with van der Waals surface area (Å²) in [6.07, 6.45) is 10.3. The number of amides is 1. The van der Waals surface area contributed by atoms with Gasteiger partial charge in [-0.2, -0.15) is 0 Å². The molecule has 0 bridgehead atoms. The van der Waals surface area contributed by atoms with Gasteiger partial charge in [0.05, 0.1) is 26.2 Å². The van der Waals surface area contributed by atoms with Gasteiger partial charge in [-0.15, -0.1) is 0 Å². The predicted octanol–water partition coefficient (Wildman–Crippen LogP) is 5.88. The van der Waals surface area contributed by atoms with Crippen molar-refractivity contribution in [1.82, 2.24) is 0 Å². The molecule has 4 nitrogen and oxygen atoms in total. The number of primary amides is 1. The topological polar surface area (TPSA) is 52.3 Å². The van der Waals surface area contributed by atoms with Gasteiger partial charge in [-0.1, -0.05) is 53.4 Å². The highest BCUT2D eigenvalue weighted by Crippen LogP contribution is 2.16. The molecule has 0 saturated carbocycles. The van der Waals surface area contributed by atoms with E-state index >= 15 is 0 Å². The normalized spacial score (nSPS) is 11.6. The minimum atomic E-state index is -0.725. The van der Waals surface area contributed by atoms with Crippen molar-refractivity contribution in [2.24, 2.45) is 5.73 Å². The SMILES string of the molecule is CC(C)(C)OC(N)=O.CCCC[N+](CCCC)(CCCC)CCCC. The summed E-state index contributed by atoms with van der Waals surface area (Å²) >= 11 is 0. The van der Waals surface area contributed by atoms with Crippen LogP contribution in [0.5, 0.6) is 0 Å². The molecule has 0 heterocycles. The van der Waals surface area contributed by atoms with Crippen LogP contribution in [0.1, 0.15) is 99.8 Å². The zero-order valence-corrected chi connectivity index (χ0v) is 18.3. The van der Waals surface area contributed by atoms with Crippen LogP contribution < -0.4 is 5.73 Å². The average molecular weight is 360 g/mol. The lowest BCUT2D eigenvalue weighted by Gasteiger charge is -2.39. The van der Waals surface area contributed by atoms with Crippen molar-refractivity contribution < 1.29 is 14.0 Å². The molecule has 0 saturated heterocycles. The van der Waals surface area contributed by atoms with Crippen molar-refractivity contribution in [3.63, 3.8) is 0 Å². The Bertz CT molecular complexity index is 274. The van der Waals surface area contributed by atoms with E-state index in [1.165, 1.54) is 82.0 Å². The maximum Gasteiger partial charge on any atom is 0.405 e. The minimum Gasteiger partial charge on any atom is -0.444 e. The molecule has 2 N–H and O–H groups in total. The van der Waals surface area contributed by atoms with Gasteiger partial charge < -0.3 is 15.0 Å². The van der Waals surface area contributed by atoms with Crippen molar-refractivity contribution in [1.29, 1.82) is 0 Å². The number of nitrogens with two attached hydrogens (primary N) is 1. The fraction of sp³-hybridized carbons (Fsp3) is 0.952. The largest absolute Gasteiger partial charge is 0.444 e. The summed E-state index contributed by atoms with van der Waals surface area (Å²) in [7, 11) is 0. The Morgan fingerprint density at radius 2 is 1.04 bits per heavy atom. The van der Waals surface area contributed by atoms with Crippen LogP contribution in [0.2, 0.25) is 0 Å². The molecule has 0 aromatic heterocycles. The Balaban J connectivity index is 0. The van der Waals surface area contributed by atoms with Crippen LogP contribution in [0, 0.1) is 0 Å². The first-order valence-corrected chi connectivity index (χ1v) is 10.5. The molecule has 152 valence electrons. The van der Waals surface area contributed by atoms with Gasteiger partial charge >= 0.3 is 6.09 Å². The van der Waals surface area contributed by atoms with Gasteiger partial charge in [0.1, 0.15) is 5.60 Å². The first-order valence-electron chi connectivity index (χ1n) is 10.5. The van der Waals surface area contributed by atoms with E-state index in [-0.39, 0.29) is 0 Å². The van der Waals surface area contributed by atoms with Crippen molar-refractivity contribution in [2.75, 3.05) is 26.2 Å². The number of nitrogens with zero attached hydrogens (tertiary/aromatic N) is 1. The molecule has 0 aliphatic rings. The molecule has 0 atom stereocenters. The van der Waals surface area contributed by atoms with Crippen LogP contribution in [0.15, 0.2) is 0 Å². The zero-order chi connectivity index (χ0) is 19.8. The second-order valence-corrected chi connectivity index (χ2v) is 8.18. The highest BCUT2D eigenvalue weighted by atomic mass is 16.6. The molecule has 0 aliphatic carbocycles. The van der Waals surface area contributed by atoms with E-state index in [2.05, 4.69) is 32.4 Å². The van der Waals surface area contributed by atoms with Gasteiger partial charge in [0.25, 0.3) is 0 Å². The fourth-order valence-electron chi connectivity index (χ4n) is 2.95. The summed E-state index contributed by atoms with van der Waals surface area (Å²) in [6.45, 7) is 20.3. The average Bonchev–Trinajstić information content (AvgIpc) is 2.52. The van der Waals surface area contributed by atoms with Gasteiger partial charge in [-0.05, 0) is 46.5 Å². The van der Waals surface area contributed by atoms with Gasteiger partial charge in [-0.3, -0.25) is 0 Å². The van der Waals surface area contributed by atoms with E-state index in [1.807, 2.05) is 0 Å². The molecule has 0 fully saturated rings. The fourth-order valence-corrected chi connectivity index (χ4v) is 2.95. The Morgan fingerprint density at radius 3 is 1.16 bits per heavy atom. The summed E-state index contributed by atoms with van der Waals surface area (Å²) in [4.78, 5) is 10.0. The second-order valence-electron chi connectivity index (χ2n) is 8.18. The van der Waals surface area contributed by atoms with Crippen LogP contribution in [0.4, 0.5) is 4.79 Å². The number of carbonyl (C=O) groups excluding carboxylic acids is 1. The van der Waals surface area contributed by atoms with Crippen LogP contribution in [0.3, 0.4) is 0 Å². The first-order chi connectivity index (χ1) is 11.7. The standard InChI is InChI=1S/C16H36N.C5H11NO2/c1-5-9-13-17(14-10-6-2,15-11-7-3)16-12-8-4;1-5(2,3)8-4(6)7/h5-16H2,1-4H3;1-3H3,(H2,6,7)/q+1;. The Kier molecular flexibility index (Phi) is 16.4. The number of unbranched alkanes of at least 4 members (excludes halogenated alkanes) is 4. The minimum absolute atomic E-state index is 0.453. The molecule has 0 aliphatic heterocycles. The highest BCUT2D eigenvalue weighted by molar-refractivity contribution is 5.65. The maximum absolute atomic E-state index is 10.0. The highest BCUT2D eigenvalue weighted by Gasteiger charge is 2.24. The summed E-state index contributed by atoms with van der Waals surface area (Å²) in [5, 5.41) is 0. The molecule has 0 unspecified atom stereocenters. The summed E-state index contributed by atoms with van der Waals surface area (Å²) in [5.74, 6) is 0. The van der Waals surface area contributed by atoms with Crippen molar-refractivity contribution >= 4 is 6.09 Å². The monoisotopic (exact) mass is 359 g/mol. The third-order valence-corrected chi connectivity index (χ3v) is 4.35. The maximum atomic E-state index is 10.0. The number of hydrogen-bond acceptors (Lipinski definition) is 2. The smallest absolute Gasteiger partial charge is 0.405 e. The lowest BCUT2D eigenvalue weighted by atomic mass is 10.1. The molecule has 0 aromatic carbocycles. The van der Waals surface area contributed by atoms with Crippen LogP contribution >= 0.6 is 0 Å². The quantitative estimate of drug-likeness (QED) is 0.442. The Hall–Kier alpha value is -0.770. The number of hydrogen-bond donors (Lipinski definition) is 1. The number of ether oxygens (including phenoxy) is 1. The second kappa shape index (κ2) is 15.5. The van der Waals surface area contributed by atoms with Gasteiger partial charge in [0, 0.05) is 0 Å². The number of rotatable bonds is 12. The lowest BCUT2D eigenvalue weighted by molar-refractivity contribution is -0.929. The molecular weight excluding hydrogens is 312 g/mol. The Labute approximate surface area is 158 Å². The van der Waals surface area contributed by atoms with E-state index in [0.29, 0.717) is 0 Å². The van der Waals surface area contributed by atoms with E-state index in [4.69, 9.17) is 5.73 Å². The first kappa shape index (κ1) is 26.5. The molecule has 0 radical (unpaired) electrons. The van der Waals surface area contributed by atoms with E-state index in [1.54, 1.807) is 20.8 Å². The predicted molar refractivity (Wildman–Crippen MR) is 110 cm³/mol. The molecule has 0 aromatic rings. The van der Waals surface area contributed by atoms with Crippen LogP contribution in [0.25, 0.3) is 0 Å². The van der Waals surface area contributed by atoms with Gasteiger partial charge in [0.15, 0.2) is 0 Å². The molecule has 4 heteroatoms. The van der Waals surface area contributed by atoms with Crippen LogP contribution in [-0.2, 0) is 4.74 Å². The Morgan fingerprint density at radius 1 is 0.760 bits per heavy atom. The summed E-state index contributed by atoms with van der Waals surface area (Å²) in [5.41, 5.74) is 4.26. The van der Waals surface area contributed by atoms with E-state index < -0.39 is 11.7 Å². The van der Waals surface area contributed by atoms with Gasteiger partial charge in [0.2, 0.25) is 0 Å². The summed E-state index contributed by atoms with van der Waals surface area (Å²) < 4.78 is 6.00. The molecule has 1 amide bonds. The van der Waals surface area contributed by atoms with Crippen molar-refractivity contribution in [3.05, 3.63) is 0 Å². The third kappa shape index (κ3) is 17.8. The molecule has 25 heavy (non-hydrogen) atoms.